The van der Waals surface area contributed by atoms with Gasteiger partial charge in [0.2, 0.25) is 18.4 Å². The van der Waals surface area contributed by atoms with Crippen LogP contribution in [0.5, 0.6) is 11.5 Å². The van der Waals surface area contributed by atoms with Crippen molar-refractivity contribution in [3.8, 4) is 11.5 Å². The molecule has 3 aromatic rings. The highest BCUT2D eigenvalue weighted by Gasteiger charge is 2.29. The fraction of sp³-hybridized carbons (Fsp3) is 0.385. The van der Waals surface area contributed by atoms with E-state index < -0.39 is 4.92 Å². The monoisotopic (exact) mass is 490 g/mol. The summed E-state index contributed by atoms with van der Waals surface area (Å²) >= 11 is 0. The largest absolute Gasteiger partial charge is 0.454 e. The lowest BCUT2D eigenvalue weighted by Gasteiger charge is -2.35. The molecule has 10 nitrogen and oxygen atoms in total. The topological polar surface area (TPSA) is 106 Å². The molecule has 1 aromatic heterocycles. The summed E-state index contributed by atoms with van der Waals surface area (Å²) in [5, 5.41) is 15.2. The SMILES string of the molecule is CCCCc1ccc(Nc2ncnc(N3CCN(Cc4ccc5c(c4)OCO5)CC3)c2[N+](=O)[O-])cc1. The van der Waals surface area contributed by atoms with Crippen LogP contribution in [0.2, 0.25) is 0 Å². The molecular weight excluding hydrogens is 460 g/mol. The van der Waals surface area contributed by atoms with Crippen molar-refractivity contribution in [2.75, 3.05) is 43.2 Å². The Morgan fingerprint density at radius 1 is 1.00 bits per heavy atom. The molecule has 0 unspecified atom stereocenters. The molecule has 188 valence electrons. The molecule has 1 fully saturated rings. The van der Waals surface area contributed by atoms with E-state index in [0.717, 1.165) is 61.6 Å². The van der Waals surface area contributed by atoms with Crippen LogP contribution in [-0.4, -0.2) is 52.8 Å². The van der Waals surface area contributed by atoms with Crippen LogP contribution in [0.3, 0.4) is 0 Å². The Kier molecular flexibility index (Phi) is 7.13. The van der Waals surface area contributed by atoms with Gasteiger partial charge in [0.25, 0.3) is 0 Å². The van der Waals surface area contributed by atoms with Gasteiger partial charge in [0.05, 0.1) is 4.92 Å². The third-order valence-electron chi connectivity index (χ3n) is 6.54. The van der Waals surface area contributed by atoms with Crippen LogP contribution < -0.4 is 19.7 Å². The van der Waals surface area contributed by atoms with Gasteiger partial charge in [0.1, 0.15) is 6.33 Å². The minimum absolute atomic E-state index is 0.100. The van der Waals surface area contributed by atoms with Crippen LogP contribution in [-0.2, 0) is 13.0 Å². The number of nitrogens with zero attached hydrogens (tertiary/aromatic N) is 5. The molecule has 2 aromatic carbocycles. The molecule has 0 saturated carbocycles. The molecule has 0 atom stereocenters. The second-order valence-corrected chi connectivity index (χ2v) is 9.03. The summed E-state index contributed by atoms with van der Waals surface area (Å²) in [6.45, 7) is 5.99. The van der Waals surface area contributed by atoms with E-state index in [9.17, 15) is 10.1 Å². The van der Waals surface area contributed by atoms with Crippen molar-refractivity contribution in [2.45, 2.75) is 32.7 Å². The van der Waals surface area contributed by atoms with Gasteiger partial charge in [0, 0.05) is 38.4 Å². The van der Waals surface area contributed by atoms with Gasteiger partial charge in [0.15, 0.2) is 11.5 Å². The lowest BCUT2D eigenvalue weighted by atomic mass is 10.1. The Labute approximate surface area is 210 Å². The summed E-state index contributed by atoms with van der Waals surface area (Å²) in [5.74, 6) is 2.10. The Morgan fingerprint density at radius 2 is 1.75 bits per heavy atom. The number of hydrogen-bond acceptors (Lipinski definition) is 9. The fourth-order valence-electron chi connectivity index (χ4n) is 4.55. The number of nitrogens with one attached hydrogen (secondary N) is 1. The summed E-state index contributed by atoms with van der Waals surface area (Å²) in [6.07, 6.45) is 4.69. The van der Waals surface area contributed by atoms with Crippen molar-refractivity contribution < 1.29 is 14.4 Å². The first kappa shape index (κ1) is 23.8. The van der Waals surface area contributed by atoms with Crippen LogP contribution in [0.15, 0.2) is 48.8 Å². The fourth-order valence-corrected chi connectivity index (χ4v) is 4.55. The predicted octanol–water partition coefficient (Wildman–Crippen LogP) is 4.52. The molecule has 0 amide bonds. The molecule has 1 N–H and O–H groups in total. The minimum atomic E-state index is -0.397. The number of piperazine rings is 1. The first-order valence-corrected chi connectivity index (χ1v) is 12.3. The Hall–Kier alpha value is -3.92. The number of aromatic nitrogens is 2. The van der Waals surface area contributed by atoms with E-state index in [4.69, 9.17) is 9.47 Å². The summed E-state index contributed by atoms with van der Waals surface area (Å²) in [7, 11) is 0. The summed E-state index contributed by atoms with van der Waals surface area (Å²) in [6, 6.07) is 14.0. The standard InChI is InChI=1S/C26H30N6O4/c1-2-3-4-19-5-8-21(9-6-19)29-25-24(32(33)34)26(28-17-27-25)31-13-11-30(12-14-31)16-20-7-10-22-23(15-20)36-18-35-22/h5-10,15,17H,2-4,11-14,16,18H2,1H3,(H,27,28,29). The van der Waals surface area contributed by atoms with Crippen molar-refractivity contribution in [2.24, 2.45) is 0 Å². The highest BCUT2D eigenvalue weighted by Crippen LogP contribution is 2.35. The lowest BCUT2D eigenvalue weighted by molar-refractivity contribution is -0.383. The molecule has 1 saturated heterocycles. The van der Waals surface area contributed by atoms with Gasteiger partial charge in [-0.15, -0.1) is 0 Å². The van der Waals surface area contributed by atoms with Gasteiger partial charge in [-0.3, -0.25) is 15.0 Å². The van der Waals surface area contributed by atoms with Crippen molar-refractivity contribution in [3.05, 3.63) is 70.0 Å². The number of nitro groups is 1. The van der Waals surface area contributed by atoms with E-state index in [2.05, 4.69) is 27.1 Å². The molecule has 5 rings (SSSR count). The molecule has 10 heteroatoms. The molecular formula is C26H30N6O4. The minimum Gasteiger partial charge on any atom is -0.454 e. The van der Waals surface area contributed by atoms with Crippen molar-refractivity contribution in [1.82, 2.24) is 14.9 Å². The maximum Gasteiger partial charge on any atom is 0.353 e. The highest BCUT2D eigenvalue weighted by molar-refractivity contribution is 5.74. The van der Waals surface area contributed by atoms with Gasteiger partial charge in [-0.1, -0.05) is 31.5 Å². The zero-order chi connectivity index (χ0) is 24.9. The number of unbranched alkanes of at least 4 members (excludes halogenated alkanes) is 1. The number of aryl methyl sites for hydroxylation is 1. The van der Waals surface area contributed by atoms with E-state index in [1.165, 1.54) is 11.9 Å². The molecule has 2 aliphatic rings. The smallest absolute Gasteiger partial charge is 0.353 e. The maximum atomic E-state index is 12.1. The van der Waals surface area contributed by atoms with Crippen molar-refractivity contribution in [1.29, 1.82) is 0 Å². The van der Waals surface area contributed by atoms with Crippen LogP contribution in [0.25, 0.3) is 0 Å². The van der Waals surface area contributed by atoms with Gasteiger partial charge in [-0.2, -0.15) is 0 Å². The zero-order valence-corrected chi connectivity index (χ0v) is 20.4. The van der Waals surface area contributed by atoms with E-state index in [-0.39, 0.29) is 18.3 Å². The van der Waals surface area contributed by atoms with Crippen LogP contribution in [0.4, 0.5) is 23.0 Å². The molecule has 0 spiro atoms. The van der Waals surface area contributed by atoms with Gasteiger partial charge < -0.3 is 19.7 Å². The Balaban J connectivity index is 1.25. The number of hydrogen-bond donors (Lipinski definition) is 1. The first-order valence-electron chi connectivity index (χ1n) is 12.3. The van der Waals surface area contributed by atoms with E-state index >= 15 is 0 Å². The van der Waals surface area contributed by atoms with E-state index in [0.29, 0.717) is 18.9 Å². The van der Waals surface area contributed by atoms with E-state index in [1.54, 1.807) is 0 Å². The number of rotatable bonds is 9. The molecule has 0 bridgehead atoms. The molecule has 3 heterocycles. The van der Waals surface area contributed by atoms with Gasteiger partial charge in [-0.05, 0) is 48.2 Å². The number of ether oxygens (including phenoxy) is 2. The summed E-state index contributed by atoms with van der Waals surface area (Å²) < 4.78 is 10.9. The Bertz CT molecular complexity index is 1210. The molecule has 2 aliphatic heterocycles. The average molecular weight is 491 g/mol. The highest BCUT2D eigenvalue weighted by atomic mass is 16.7. The lowest BCUT2D eigenvalue weighted by Crippen LogP contribution is -2.46. The molecule has 36 heavy (non-hydrogen) atoms. The second kappa shape index (κ2) is 10.8. The first-order chi connectivity index (χ1) is 17.6. The molecule has 0 radical (unpaired) electrons. The van der Waals surface area contributed by atoms with Crippen molar-refractivity contribution in [3.63, 3.8) is 0 Å². The normalized spacial score (nSPS) is 15.2. The number of benzene rings is 2. The van der Waals surface area contributed by atoms with Gasteiger partial charge >= 0.3 is 5.69 Å². The average Bonchev–Trinajstić information content (AvgIpc) is 3.36. The van der Waals surface area contributed by atoms with Crippen LogP contribution in [0, 0.1) is 10.1 Å². The van der Waals surface area contributed by atoms with Crippen LogP contribution >= 0.6 is 0 Å². The maximum absolute atomic E-state index is 12.1. The third-order valence-corrected chi connectivity index (χ3v) is 6.54. The van der Waals surface area contributed by atoms with E-state index in [1.807, 2.05) is 47.4 Å². The van der Waals surface area contributed by atoms with Crippen molar-refractivity contribution >= 4 is 23.0 Å². The number of anilines is 3. The van der Waals surface area contributed by atoms with Crippen LogP contribution in [0.1, 0.15) is 30.9 Å². The quantitative estimate of drug-likeness (QED) is 0.342. The predicted molar refractivity (Wildman–Crippen MR) is 137 cm³/mol. The summed E-state index contributed by atoms with van der Waals surface area (Å²) in [4.78, 5) is 24.5. The number of fused-ring (bicyclic) bond motifs is 1. The molecule has 0 aliphatic carbocycles. The summed E-state index contributed by atoms with van der Waals surface area (Å²) in [5.41, 5.74) is 3.06. The van der Waals surface area contributed by atoms with Gasteiger partial charge in [-0.25, -0.2) is 9.97 Å². The second-order valence-electron chi connectivity index (χ2n) is 9.03. The zero-order valence-electron chi connectivity index (χ0n) is 20.4. The Morgan fingerprint density at radius 3 is 2.50 bits per heavy atom. The third kappa shape index (κ3) is 5.33.